The lowest BCUT2D eigenvalue weighted by molar-refractivity contribution is -0.137. The first-order chi connectivity index (χ1) is 15.3. The molecule has 0 aliphatic carbocycles. The number of halogens is 3. The molecule has 2 heterocycles. The van der Waals surface area contributed by atoms with Crippen molar-refractivity contribution in [1.82, 2.24) is 4.98 Å². The number of ketones is 1. The zero-order chi connectivity index (χ0) is 22.7. The summed E-state index contributed by atoms with van der Waals surface area (Å²) in [5.74, 6) is -0.966. The van der Waals surface area contributed by atoms with Crippen molar-refractivity contribution in [3.63, 3.8) is 0 Å². The standard InChI is InChI=1S/C23H16F3N3O3/c24-23(25,26)17-5-1-3-15(11-17)21(30)14-6-8-18(9-7-14)28-22(31)20-12-19(29-32-20)16-4-2-10-27-13-16/h1-11,13,20H,12H2,(H,28,31). The molecule has 0 saturated carbocycles. The Hall–Kier alpha value is -4.01. The summed E-state index contributed by atoms with van der Waals surface area (Å²) < 4.78 is 38.7. The Morgan fingerprint density at radius 2 is 1.78 bits per heavy atom. The van der Waals surface area contributed by atoms with Crippen molar-refractivity contribution in [3.05, 3.63) is 95.3 Å². The molecular weight excluding hydrogens is 423 g/mol. The number of carbonyl (C=O) groups is 2. The highest BCUT2D eigenvalue weighted by Crippen LogP contribution is 2.30. The fourth-order valence-corrected chi connectivity index (χ4v) is 3.15. The molecule has 32 heavy (non-hydrogen) atoms. The minimum absolute atomic E-state index is 0.0731. The van der Waals surface area contributed by atoms with Crippen molar-refractivity contribution in [1.29, 1.82) is 0 Å². The van der Waals surface area contributed by atoms with Crippen LogP contribution < -0.4 is 5.32 Å². The molecule has 162 valence electrons. The summed E-state index contributed by atoms with van der Waals surface area (Å²) >= 11 is 0. The minimum atomic E-state index is -4.53. The number of hydrogen-bond acceptors (Lipinski definition) is 5. The molecule has 2 aromatic carbocycles. The fourth-order valence-electron chi connectivity index (χ4n) is 3.15. The summed E-state index contributed by atoms with van der Waals surface area (Å²) in [4.78, 5) is 34.2. The van der Waals surface area contributed by atoms with E-state index in [1.165, 1.54) is 36.4 Å². The van der Waals surface area contributed by atoms with Gasteiger partial charge in [0.15, 0.2) is 5.78 Å². The van der Waals surface area contributed by atoms with Crippen molar-refractivity contribution < 1.29 is 27.6 Å². The zero-order valence-electron chi connectivity index (χ0n) is 16.5. The van der Waals surface area contributed by atoms with Crippen LogP contribution >= 0.6 is 0 Å². The number of nitrogens with one attached hydrogen (secondary N) is 1. The SMILES string of the molecule is O=C(c1ccc(NC(=O)C2CC(c3cccnc3)=NO2)cc1)c1cccc(C(F)(F)F)c1. The highest BCUT2D eigenvalue weighted by atomic mass is 19.4. The molecule has 1 atom stereocenters. The molecule has 1 aromatic heterocycles. The van der Waals surface area contributed by atoms with E-state index in [2.05, 4.69) is 15.5 Å². The van der Waals surface area contributed by atoms with Crippen LogP contribution in [0.25, 0.3) is 0 Å². The first kappa shape index (κ1) is 21.2. The maximum absolute atomic E-state index is 12.9. The molecule has 0 radical (unpaired) electrons. The maximum Gasteiger partial charge on any atom is 0.416 e. The molecule has 0 spiro atoms. The number of carbonyl (C=O) groups excluding carboxylic acids is 2. The molecule has 0 fully saturated rings. The topological polar surface area (TPSA) is 80.7 Å². The van der Waals surface area contributed by atoms with Crippen molar-refractivity contribution in [2.24, 2.45) is 5.16 Å². The summed E-state index contributed by atoms with van der Waals surface area (Å²) in [6, 6.07) is 13.7. The van der Waals surface area contributed by atoms with Gasteiger partial charge in [0.1, 0.15) is 0 Å². The van der Waals surface area contributed by atoms with E-state index in [1.54, 1.807) is 18.5 Å². The van der Waals surface area contributed by atoms with Crippen LogP contribution in [0.4, 0.5) is 18.9 Å². The summed E-state index contributed by atoms with van der Waals surface area (Å²) in [5, 5.41) is 6.61. The van der Waals surface area contributed by atoms with Gasteiger partial charge in [0.05, 0.1) is 11.3 Å². The predicted octanol–water partition coefficient (Wildman–Crippen LogP) is 4.46. The van der Waals surface area contributed by atoms with Gasteiger partial charge in [0.2, 0.25) is 6.10 Å². The van der Waals surface area contributed by atoms with Gasteiger partial charge >= 0.3 is 6.18 Å². The van der Waals surface area contributed by atoms with Gasteiger partial charge in [-0.1, -0.05) is 17.3 Å². The van der Waals surface area contributed by atoms with Crippen LogP contribution in [0.15, 0.2) is 78.2 Å². The molecule has 3 aromatic rings. The monoisotopic (exact) mass is 439 g/mol. The Morgan fingerprint density at radius 3 is 2.47 bits per heavy atom. The number of alkyl halides is 3. The summed E-state index contributed by atoms with van der Waals surface area (Å²) in [5.41, 5.74) is 1.02. The van der Waals surface area contributed by atoms with Crippen LogP contribution in [0.2, 0.25) is 0 Å². The van der Waals surface area contributed by atoms with Gasteiger partial charge in [-0.2, -0.15) is 13.2 Å². The Kier molecular flexibility index (Phi) is 5.72. The van der Waals surface area contributed by atoms with E-state index in [9.17, 15) is 22.8 Å². The Bertz CT molecular complexity index is 1180. The van der Waals surface area contributed by atoms with Gasteiger partial charge in [0.25, 0.3) is 5.91 Å². The van der Waals surface area contributed by atoms with E-state index in [4.69, 9.17) is 4.84 Å². The molecular formula is C23H16F3N3O3. The van der Waals surface area contributed by atoms with E-state index < -0.39 is 29.5 Å². The molecule has 1 amide bonds. The summed E-state index contributed by atoms with van der Waals surface area (Å²) in [7, 11) is 0. The van der Waals surface area contributed by atoms with Gasteiger partial charge in [0, 0.05) is 41.2 Å². The summed E-state index contributed by atoms with van der Waals surface area (Å²) in [6.07, 6.45) is -1.80. The van der Waals surface area contributed by atoms with E-state index in [0.29, 0.717) is 11.4 Å². The number of pyridine rings is 1. The molecule has 1 aliphatic rings. The largest absolute Gasteiger partial charge is 0.416 e. The Labute approximate surface area is 180 Å². The second-order valence-corrected chi connectivity index (χ2v) is 7.05. The second kappa shape index (κ2) is 8.62. The van der Waals surface area contributed by atoms with Crippen LogP contribution in [0, 0.1) is 0 Å². The number of benzene rings is 2. The number of aromatic nitrogens is 1. The second-order valence-electron chi connectivity index (χ2n) is 7.05. The third-order valence-corrected chi connectivity index (χ3v) is 4.82. The first-order valence-electron chi connectivity index (χ1n) is 9.57. The molecule has 1 N–H and O–H groups in total. The first-order valence-corrected chi connectivity index (χ1v) is 9.57. The predicted molar refractivity (Wildman–Crippen MR) is 110 cm³/mol. The highest BCUT2D eigenvalue weighted by molar-refractivity contribution is 6.09. The van der Waals surface area contributed by atoms with Crippen molar-refractivity contribution in [2.75, 3.05) is 5.32 Å². The van der Waals surface area contributed by atoms with Crippen LogP contribution in [-0.4, -0.2) is 28.5 Å². The molecule has 1 aliphatic heterocycles. The third kappa shape index (κ3) is 4.66. The van der Waals surface area contributed by atoms with Gasteiger partial charge in [-0.15, -0.1) is 0 Å². The molecule has 1 unspecified atom stereocenters. The lowest BCUT2D eigenvalue weighted by atomic mass is 10.0. The van der Waals surface area contributed by atoms with E-state index in [0.717, 1.165) is 17.7 Å². The maximum atomic E-state index is 12.9. The summed E-state index contributed by atoms with van der Waals surface area (Å²) in [6.45, 7) is 0. The third-order valence-electron chi connectivity index (χ3n) is 4.82. The molecule has 4 rings (SSSR count). The van der Waals surface area contributed by atoms with Crippen LogP contribution in [0.3, 0.4) is 0 Å². The van der Waals surface area contributed by atoms with Crippen LogP contribution in [0.5, 0.6) is 0 Å². The number of nitrogens with zero attached hydrogens (tertiary/aromatic N) is 2. The van der Waals surface area contributed by atoms with Gasteiger partial charge in [-0.25, -0.2) is 0 Å². The minimum Gasteiger partial charge on any atom is -0.382 e. The molecule has 9 heteroatoms. The fraction of sp³-hybridized carbons (Fsp3) is 0.130. The average molecular weight is 439 g/mol. The highest BCUT2D eigenvalue weighted by Gasteiger charge is 2.31. The zero-order valence-corrected chi connectivity index (χ0v) is 16.5. The number of hydrogen-bond donors (Lipinski definition) is 1. The van der Waals surface area contributed by atoms with E-state index in [-0.39, 0.29) is 17.5 Å². The Balaban J connectivity index is 1.39. The van der Waals surface area contributed by atoms with E-state index in [1.807, 2.05) is 6.07 Å². The van der Waals surface area contributed by atoms with Gasteiger partial charge in [-0.3, -0.25) is 14.6 Å². The molecule has 0 saturated heterocycles. The number of anilines is 1. The average Bonchev–Trinajstić information content (AvgIpc) is 3.30. The Morgan fingerprint density at radius 1 is 1.00 bits per heavy atom. The van der Waals surface area contributed by atoms with Crippen LogP contribution in [-0.2, 0) is 15.8 Å². The number of rotatable bonds is 5. The molecule has 0 bridgehead atoms. The van der Waals surface area contributed by atoms with Crippen LogP contribution in [0.1, 0.15) is 33.5 Å². The molecule has 6 nitrogen and oxygen atoms in total. The quantitative estimate of drug-likeness (QED) is 0.595. The number of oxime groups is 1. The lowest BCUT2D eigenvalue weighted by Crippen LogP contribution is -2.28. The van der Waals surface area contributed by atoms with Crippen molar-refractivity contribution >= 4 is 23.1 Å². The number of amides is 1. The van der Waals surface area contributed by atoms with Crippen molar-refractivity contribution in [3.8, 4) is 0 Å². The van der Waals surface area contributed by atoms with E-state index >= 15 is 0 Å². The van der Waals surface area contributed by atoms with Crippen molar-refractivity contribution in [2.45, 2.75) is 18.7 Å². The smallest absolute Gasteiger partial charge is 0.382 e. The van der Waals surface area contributed by atoms with Gasteiger partial charge in [-0.05, 0) is 48.5 Å². The normalized spacial score (nSPS) is 15.6. The lowest BCUT2D eigenvalue weighted by Gasteiger charge is -2.11. The van der Waals surface area contributed by atoms with Gasteiger partial charge < -0.3 is 10.2 Å².